The number of amides is 2. The fourth-order valence-electron chi connectivity index (χ4n) is 1.65. The first-order chi connectivity index (χ1) is 9.79. The minimum atomic E-state index is -1.17. The van der Waals surface area contributed by atoms with E-state index in [1.807, 2.05) is 0 Å². The Kier molecular flexibility index (Phi) is 5.58. The maximum absolute atomic E-state index is 11.7. The molecule has 114 valence electrons. The van der Waals surface area contributed by atoms with Crippen LogP contribution in [0.5, 0.6) is 0 Å². The number of aliphatic carboxylic acids is 1. The van der Waals surface area contributed by atoms with E-state index in [9.17, 15) is 19.2 Å². The monoisotopic (exact) mass is 296 g/mol. The summed E-state index contributed by atoms with van der Waals surface area (Å²) < 4.78 is 0. The van der Waals surface area contributed by atoms with Crippen LogP contribution in [0, 0.1) is 13.8 Å². The molecule has 1 aromatic heterocycles. The van der Waals surface area contributed by atoms with Gasteiger partial charge in [0.1, 0.15) is 6.54 Å². The molecule has 0 aliphatic heterocycles. The third kappa shape index (κ3) is 5.43. The Labute approximate surface area is 119 Å². The second kappa shape index (κ2) is 7.17. The SMILES string of the molecule is Cc1nc(=O)[nH]c(C)c1CC(=O)NCC(=O)NCC(=O)O. The summed E-state index contributed by atoms with van der Waals surface area (Å²) in [7, 11) is 0. The lowest BCUT2D eigenvalue weighted by Crippen LogP contribution is -2.39. The van der Waals surface area contributed by atoms with Crippen LogP contribution >= 0.6 is 0 Å². The highest BCUT2D eigenvalue weighted by atomic mass is 16.4. The maximum Gasteiger partial charge on any atom is 0.345 e. The van der Waals surface area contributed by atoms with E-state index in [0.29, 0.717) is 17.0 Å². The summed E-state index contributed by atoms with van der Waals surface area (Å²) in [6.07, 6.45) is -0.0341. The molecule has 0 aromatic carbocycles. The number of hydrogen-bond donors (Lipinski definition) is 4. The molecule has 1 aromatic rings. The fourth-order valence-corrected chi connectivity index (χ4v) is 1.65. The average molecular weight is 296 g/mol. The van der Waals surface area contributed by atoms with Crippen LogP contribution in [0.15, 0.2) is 4.79 Å². The van der Waals surface area contributed by atoms with Crippen molar-refractivity contribution in [1.82, 2.24) is 20.6 Å². The molecule has 0 radical (unpaired) electrons. The molecule has 21 heavy (non-hydrogen) atoms. The number of rotatable bonds is 6. The molecule has 4 N–H and O–H groups in total. The molecular weight excluding hydrogens is 280 g/mol. The van der Waals surface area contributed by atoms with Gasteiger partial charge in [-0.25, -0.2) is 4.79 Å². The Hall–Kier alpha value is -2.71. The second-order valence-corrected chi connectivity index (χ2v) is 4.35. The molecule has 1 rings (SSSR count). The van der Waals surface area contributed by atoms with E-state index in [2.05, 4.69) is 20.6 Å². The van der Waals surface area contributed by atoms with Gasteiger partial charge in [-0.2, -0.15) is 4.98 Å². The average Bonchev–Trinajstić information content (AvgIpc) is 2.38. The summed E-state index contributed by atoms with van der Waals surface area (Å²) in [5, 5.41) is 12.9. The molecule has 0 unspecified atom stereocenters. The summed E-state index contributed by atoms with van der Waals surface area (Å²) >= 11 is 0. The number of carboxylic acids is 1. The predicted molar refractivity (Wildman–Crippen MR) is 71.7 cm³/mol. The molecule has 0 saturated heterocycles. The third-order valence-corrected chi connectivity index (χ3v) is 2.67. The van der Waals surface area contributed by atoms with Crippen LogP contribution < -0.4 is 16.3 Å². The van der Waals surface area contributed by atoms with Gasteiger partial charge in [-0.3, -0.25) is 14.4 Å². The quantitative estimate of drug-likeness (QED) is 0.490. The van der Waals surface area contributed by atoms with E-state index in [0.717, 1.165) is 0 Å². The topological polar surface area (TPSA) is 141 Å². The van der Waals surface area contributed by atoms with Gasteiger partial charge in [0, 0.05) is 17.0 Å². The minimum absolute atomic E-state index is 0.0341. The molecule has 1 heterocycles. The van der Waals surface area contributed by atoms with E-state index in [1.165, 1.54) is 0 Å². The number of carbonyl (C=O) groups is 3. The minimum Gasteiger partial charge on any atom is -0.480 e. The molecule has 0 bridgehead atoms. The van der Waals surface area contributed by atoms with Crippen molar-refractivity contribution in [1.29, 1.82) is 0 Å². The van der Waals surface area contributed by atoms with Crippen molar-refractivity contribution in [2.24, 2.45) is 0 Å². The van der Waals surface area contributed by atoms with Crippen molar-refractivity contribution in [2.45, 2.75) is 20.3 Å². The number of carbonyl (C=O) groups excluding carboxylic acids is 2. The lowest BCUT2D eigenvalue weighted by atomic mass is 10.1. The molecule has 2 amide bonds. The van der Waals surface area contributed by atoms with Crippen LogP contribution in [0.1, 0.15) is 17.0 Å². The Bertz CT molecular complexity index is 596. The second-order valence-electron chi connectivity index (χ2n) is 4.35. The van der Waals surface area contributed by atoms with Gasteiger partial charge in [-0.05, 0) is 13.8 Å². The number of H-pyrrole nitrogens is 1. The van der Waals surface area contributed by atoms with Crippen LogP contribution in [0.2, 0.25) is 0 Å². The Morgan fingerprint density at radius 1 is 1.14 bits per heavy atom. The van der Waals surface area contributed by atoms with Gasteiger partial charge in [0.05, 0.1) is 13.0 Å². The molecule has 9 heteroatoms. The summed E-state index contributed by atoms with van der Waals surface area (Å²) in [6.45, 7) is 2.44. The highest BCUT2D eigenvalue weighted by Gasteiger charge is 2.12. The van der Waals surface area contributed by atoms with E-state index in [-0.39, 0.29) is 13.0 Å². The molecule has 9 nitrogen and oxygen atoms in total. The number of aromatic amines is 1. The van der Waals surface area contributed by atoms with Crippen LogP contribution in [-0.4, -0.2) is 45.9 Å². The van der Waals surface area contributed by atoms with Crippen molar-refractivity contribution in [2.75, 3.05) is 13.1 Å². The normalized spacial score (nSPS) is 10.0. The van der Waals surface area contributed by atoms with Crippen molar-refractivity contribution in [3.05, 3.63) is 27.4 Å². The zero-order chi connectivity index (χ0) is 16.0. The molecule has 0 atom stereocenters. The summed E-state index contributed by atoms with van der Waals surface area (Å²) in [6, 6.07) is 0. The zero-order valence-corrected chi connectivity index (χ0v) is 11.6. The lowest BCUT2D eigenvalue weighted by molar-refractivity contribution is -0.137. The summed E-state index contributed by atoms with van der Waals surface area (Å²) in [4.78, 5) is 50.5. The highest BCUT2D eigenvalue weighted by molar-refractivity contribution is 5.87. The van der Waals surface area contributed by atoms with Gasteiger partial charge >= 0.3 is 11.7 Å². The molecule has 0 aliphatic carbocycles. The van der Waals surface area contributed by atoms with Crippen LogP contribution in [0.3, 0.4) is 0 Å². The predicted octanol–water partition coefficient (Wildman–Crippen LogP) is -1.75. The fraction of sp³-hybridized carbons (Fsp3) is 0.417. The van der Waals surface area contributed by atoms with Crippen molar-refractivity contribution < 1.29 is 19.5 Å². The van der Waals surface area contributed by atoms with Crippen molar-refractivity contribution >= 4 is 17.8 Å². The van der Waals surface area contributed by atoms with E-state index >= 15 is 0 Å². The van der Waals surface area contributed by atoms with Gasteiger partial charge in [-0.15, -0.1) is 0 Å². The van der Waals surface area contributed by atoms with E-state index in [1.54, 1.807) is 13.8 Å². The van der Waals surface area contributed by atoms with Crippen LogP contribution in [0.25, 0.3) is 0 Å². The number of hydrogen-bond acceptors (Lipinski definition) is 5. The summed E-state index contributed by atoms with van der Waals surface area (Å²) in [5.74, 6) is -2.19. The molecule has 0 fully saturated rings. The smallest absolute Gasteiger partial charge is 0.345 e. The van der Waals surface area contributed by atoms with Gasteiger partial charge in [-0.1, -0.05) is 0 Å². The number of nitrogens with zero attached hydrogens (tertiary/aromatic N) is 1. The Balaban J connectivity index is 2.53. The Morgan fingerprint density at radius 2 is 1.76 bits per heavy atom. The first-order valence-electron chi connectivity index (χ1n) is 6.11. The third-order valence-electron chi connectivity index (χ3n) is 2.67. The van der Waals surface area contributed by atoms with E-state index < -0.39 is 30.0 Å². The largest absolute Gasteiger partial charge is 0.480 e. The van der Waals surface area contributed by atoms with Crippen molar-refractivity contribution in [3.8, 4) is 0 Å². The van der Waals surface area contributed by atoms with Gasteiger partial charge in [0.2, 0.25) is 11.8 Å². The van der Waals surface area contributed by atoms with Crippen LogP contribution in [-0.2, 0) is 20.8 Å². The first kappa shape index (κ1) is 16.3. The number of aryl methyl sites for hydroxylation is 2. The number of aromatic nitrogens is 2. The van der Waals surface area contributed by atoms with E-state index in [4.69, 9.17) is 5.11 Å². The standard InChI is InChI=1S/C12H16N4O5/c1-6-8(7(2)16-12(21)15-6)3-9(17)13-4-10(18)14-5-11(19)20/h3-5H2,1-2H3,(H,13,17)(H,14,18)(H,19,20)(H,15,16,21). The number of carboxylic acid groups (broad SMARTS) is 1. The first-order valence-corrected chi connectivity index (χ1v) is 6.11. The van der Waals surface area contributed by atoms with Crippen molar-refractivity contribution in [3.63, 3.8) is 0 Å². The molecule has 0 aliphatic rings. The van der Waals surface area contributed by atoms with Crippen LogP contribution in [0.4, 0.5) is 0 Å². The molecule has 0 spiro atoms. The molecule has 0 saturated carbocycles. The maximum atomic E-state index is 11.7. The summed E-state index contributed by atoms with van der Waals surface area (Å²) in [5.41, 5.74) is 1.08. The molecular formula is C12H16N4O5. The number of nitrogens with one attached hydrogen (secondary N) is 3. The van der Waals surface area contributed by atoms with Gasteiger partial charge < -0.3 is 20.7 Å². The van der Waals surface area contributed by atoms with Gasteiger partial charge in [0.25, 0.3) is 0 Å². The zero-order valence-electron chi connectivity index (χ0n) is 11.6. The Morgan fingerprint density at radius 3 is 2.33 bits per heavy atom. The highest BCUT2D eigenvalue weighted by Crippen LogP contribution is 2.07. The lowest BCUT2D eigenvalue weighted by Gasteiger charge is -2.09. The van der Waals surface area contributed by atoms with Gasteiger partial charge in [0.15, 0.2) is 0 Å².